The Balaban J connectivity index is 1.40. The zero-order chi connectivity index (χ0) is 25.9. The summed E-state index contributed by atoms with van der Waals surface area (Å²) in [6.07, 6.45) is 4.07. The van der Waals surface area contributed by atoms with Crippen LogP contribution >= 0.6 is 0 Å². The lowest BCUT2D eigenvalue weighted by Crippen LogP contribution is -2.46. The van der Waals surface area contributed by atoms with Gasteiger partial charge in [-0.1, -0.05) is 42.5 Å². The van der Waals surface area contributed by atoms with Crippen molar-refractivity contribution in [3.8, 4) is 5.75 Å². The van der Waals surface area contributed by atoms with Gasteiger partial charge in [-0.05, 0) is 29.8 Å². The largest absolute Gasteiger partial charge is 0.497 e. The van der Waals surface area contributed by atoms with Crippen LogP contribution in [0.2, 0.25) is 0 Å². The molecule has 2 aromatic carbocycles. The highest BCUT2D eigenvalue weighted by atomic mass is 16.5. The van der Waals surface area contributed by atoms with E-state index >= 15 is 0 Å². The van der Waals surface area contributed by atoms with Gasteiger partial charge in [0, 0.05) is 52.5 Å². The van der Waals surface area contributed by atoms with Gasteiger partial charge in [-0.25, -0.2) is 9.78 Å². The monoisotopic (exact) mass is 500 g/mol. The molecule has 1 aliphatic rings. The predicted molar refractivity (Wildman–Crippen MR) is 146 cm³/mol. The lowest BCUT2D eigenvalue weighted by atomic mass is 10.2. The molecule has 9 nitrogen and oxygen atoms in total. The summed E-state index contributed by atoms with van der Waals surface area (Å²) in [5.41, 5.74) is 2.44. The van der Waals surface area contributed by atoms with Crippen molar-refractivity contribution in [1.29, 1.82) is 0 Å². The minimum atomic E-state index is -0.373. The fraction of sp³-hybridized carbons (Fsp3) is 0.321. The molecule has 0 atom stereocenters. The number of hydrogen-bond acceptors (Lipinski definition) is 6. The van der Waals surface area contributed by atoms with Gasteiger partial charge in [-0.3, -0.25) is 18.8 Å². The molecule has 0 spiro atoms. The zero-order valence-electron chi connectivity index (χ0n) is 21.5. The van der Waals surface area contributed by atoms with Crippen molar-refractivity contribution in [2.75, 3.05) is 38.2 Å². The smallest absolute Gasteiger partial charge is 0.332 e. The van der Waals surface area contributed by atoms with Crippen molar-refractivity contribution < 1.29 is 4.74 Å². The average molecular weight is 501 g/mol. The van der Waals surface area contributed by atoms with Crippen molar-refractivity contribution >= 4 is 22.9 Å². The third-order valence-corrected chi connectivity index (χ3v) is 7.00. The second kappa shape index (κ2) is 10.5. The van der Waals surface area contributed by atoms with Gasteiger partial charge in [0.25, 0.3) is 5.56 Å². The number of piperazine rings is 1. The van der Waals surface area contributed by atoms with E-state index in [2.05, 4.69) is 21.9 Å². The third-order valence-electron chi connectivity index (χ3n) is 7.00. The van der Waals surface area contributed by atoms with Crippen LogP contribution in [-0.2, 0) is 27.2 Å². The topological polar surface area (TPSA) is 77.5 Å². The highest BCUT2D eigenvalue weighted by Gasteiger charge is 2.23. The lowest BCUT2D eigenvalue weighted by Gasteiger charge is -2.36. The summed E-state index contributed by atoms with van der Waals surface area (Å²) < 4.78 is 9.83. The van der Waals surface area contributed by atoms with Crippen LogP contribution < -0.4 is 20.9 Å². The standard InChI is InChI=1S/C28H32N6O3/c1-30-26-25(27(35)31(2)28(30)36)34(15-7-10-21-8-5-4-6-9-21)24(29-26)20-32-16-18-33(19-17-32)22-11-13-23(37-3)14-12-22/h4-14H,15-20H2,1-3H3. The highest BCUT2D eigenvalue weighted by molar-refractivity contribution is 5.71. The summed E-state index contributed by atoms with van der Waals surface area (Å²) in [5, 5.41) is 0. The first kappa shape index (κ1) is 24.6. The number of ether oxygens (including phenoxy) is 1. The number of aromatic nitrogens is 4. The third kappa shape index (κ3) is 4.95. The van der Waals surface area contributed by atoms with Gasteiger partial charge in [-0.2, -0.15) is 0 Å². The van der Waals surface area contributed by atoms with Gasteiger partial charge in [0.05, 0.1) is 13.7 Å². The quantitative estimate of drug-likeness (QED) is 0.388. The number of anilines is 1. The Hall–Kier alpha value is -4.11. The van der Waals surface area contributed by atoms with Crippen LogP contribution in [0.5, 0.6) is 5.75 Å². The first-order chi connectivity index (χ1) is 18.0. The fourth-order valence-corrected chi connectivity index (χ4v) is 4.82. The molecule has 192 valence electrons. The number of methoxy groups -OCH3 is 1. The van der Waals surface area contributed by atoms with Gasteiger partial charge in [0.2, 0.25) is 0 Å². The first-order valence-corrected chi connectivity index (χ1v) is 12.4. The van der Waals surface area contributed by atoms with Crippen molar-refractivity contribution in [3.63, 3.8) is 0 Å². The number of imidazole rings is 1. The maximum atomic E-state index is 13.1. The van der Waals surface area contributed by atoms with E-state index in [-0.39, 0.29) is 11.2 Å². The molecule has 4 aromatic rings. The lowest BCUT2D eigenvalue weighted by molar-refractivity contribution is 0.241. The van der Waals surface area contributed by atoms with Crippen molar-refractivity contribution in [2.24, 2.45) is 14.1 Å². The molecule has 1 saturated heterocycles. The van der Waals surface area contributed by atoms with E-state index < -0.39 is 0 Å². The molecule has 0 amide bonds. The van der Waals surface area contributed by atoms with E-state index in [1.807, 2.05) is 59.2 Å². The van der Waals surface area contributed by atoms with E-state index in [0.29, 0.717) is 24.3 Å². The van der Waals surface area contributed by atoms with E-state index in [4.69, 9.17) is 9.72 Å². The average Bonchev–Trinajstić information content (AvgIpc) is 3.29. The van der Waals surface area contributed by atoms with Crippen LogP contribution in [0.15, 0.2) is 70.3 Å². The van der Waals surface area contributed by atoms with Crippen LogP contribution in [0.3, 0.4) is 0 Å². The number of nitrogens with zero attached hydrogens (tertiary/aromatic N) is 6. The van der Waals surface area contributed by atoms with Crippen LogP contribution in [0.4, 0.5) is 5.69 Å². The van der Waals surface area contributed by atoms with Gasteiger partial charge >= 0.3 is 5.69 Å². The Bertz CT molecular complexity index is 1520. The van der Waals surface area contributed by atoms with E-state index in [1.165, 1.54) is 17.3 Å². The second-order valence-corrected chi connectivity index (χ2v) is 9.29. The number of aryl methyl sites for hydroxylation is 1. The van der Waals surface area contributed by atoms with Crippen LogP contribution in [0, 0.1) is 0 Å². The zero-order valence-corrected chi connectivity index (χ0v) is 21.5. The van der Waals surface area contributed by atoms with Crippen molar-refractivity contribution in [2.45, 2.75) is 13.1 Å². The Kier molecular flexibility index (Phi) is 6.96. The van der Waals surface area contributed by atoms with Crippen molar-refractivity contribution in [1.82, 2.24) is 23.6 Å². The molecule has 3 heterocycles. The molecule has 0 bridgehead atoms. The minimum absolute atomic E-state index is 0.325. The number of hydrogen-bond donors (Lipinski definition) is 0. The molecule has 0 unspecified atom stereocenters. The molecular weight excluding hydrogens is 468 g/mol. The van der Waals surface area contributed by atoms with E-state index in [0.717, 1.165) is 47.9 Å². The number of fused-ring (bicyclic) bond motifs is 1. The van der Waals surface area contributed by atoms with Crippen molar-refractivity contribution in [3.05, 3.63) is 92.9 Å². The molecule has 0 N–H and O–H groups in total. The Morgan fingerprint density at radius 2 is 1.62 bits per heavy atom. The maximum absolute atomic E-state index is 13.1. The van der Waals surface area contributed by atoms with E-state index in [9.17, 15) is 9.59 Å². The fourth-order valence-electron chi connectivity index (χ4n) is 4.82. The van der Waals surface area contributed by atoms with Gasteiger partial charge in [0.1, 0.15) is 11.6 Å². The van der Waals surface area contributed by atoms with Gasteiger partial charge in [-0.15, -0.1) is 0 Å². The molecule has 1 fully saturated rings. The number of benzene rings is 2. The molecule has 9 heteroatoms. The van der Waals surface area contributed by atoms with E-state index in [1.54, 1.807) is 14.2 Å². The highest BCUT2D eigenvalue weighted by Crippen LogP contribution is 2.21. The summed E-state index contributed by atoms with van der Waals surface area (Å²) >= 11 is 0. The first-order valence-electron chi connectivity index (χ1n) is 12.4. The normalized spacial score (nSPS) is 14.6. The SMILES string of the molecule is COc1ccc(N2CCN(Cc3nc4c(c(=O)n(C)c(=O)n4C)n3CC=Cc3ccccc3)CC2)cc1. The number of allylic oxidation sites excluding steroid dienone is 1. The Morgan fingerprint density at radius 3 is 2.30 bits per heavy atom. The molecule has 0 radical (unpaired) electrons. The van der Waals surface area contributed by atoms with Gasteiger partial charge < -0.3 is 14.2 Å². The molecule has 2 aromatic heterocycles. The minimum Gasteiger partial charge on any atom is -0.497 e. The second-order valence-electron chi connectivity index (χ2n) is 9.29. The molecular formula is C28H32N6O3. The summed E-state index contributed by atoms with van der Waals surface area (Å²) in [5.74, 6) is 1.63. The van der Waals surface area contributed by atoms with Crippen LogP contribution in [-0.4, -0.2) is 56.9 Å². The molecule has 37 heavy (non-hydrogen) atoms. The summed E-state index contributed by atoms with van der Waals surface area (Å²) in [6, 6.07) is 18.2. The molecule has 1 aliphatic heterocycles. The summed E-state index contributed by atoms with van der Waals surface area (Å²) in [6.45, 7) is 4.60. The van der Waals surface area contributed by atoms with Crippen LogP contribution in [0.25, 0.3) is 17.2 Å². The summed E-state index contributed by atoms with van der Waals surface area (Å²) in [4.78, 5) is 35.2. The van der Waals surface area contributed by atoms with Gasteiger partial charge in [0.15, 0.2) is 11.2 Å². The maximum Gasteiger partial charge on any atom is 0.332 e. The predicted octanol–water partition coefficient (Wildman–Crippen LogP) is 2.48. The Morgan fingerprint density at radius 1 is 0.919 bits per heavy atom. The number of rotatable bonds is 7. The molecule has 0 aliphatic carbocycles. The van der Waals surface area contributed by atoms with Crippen LogP contribution in [0.1, 0.15) is 11.4 Å². The molecule has 5 rings (SSSR count). The molecule has 0 saturated carbocycles. The Labute approximate surface area is 215 Å². The summed E-state index contributed by atoms with van der Waals surface area (Å²) in [7, 11) is 4.85.